The fraction of sp³-hybridized carbons (Fsp3) is 0.353. The van der Waals surface area contributed by atoms with Crippen LogP contribution in [0.3, 0.4) is 0 Å². The highest BCUT2D eigenvalue weighted by molar-refractivity contribution is 5.88. The van der Waals surface area contributed by atoms with Crippen LogP contribution in [0.2, 0.25) is 0 Å². The van der Waals surface area contributed by atoms with Crippen molar-refractivity contribution in [2.75, 3.05) is 26.3 Å². The lowest BCUT2D eigenvalue weighted by Crippen LogP contribution is -2.26. The van der Waals surface area contributed by atoms with Gasteiger partial charge >= 0.3 is 0 Å². The lowest BCUT2D eigenvalue weighted by atomic mass is 10.0. The first kappa shape index (κ1) is 27.5. The zero-order valence-electron chi connectivity index (χ0n) is 23.2. The number of fused-ring (bicyclic) bond motifs is 2. The highest BCUT2D eigenvalue weighted by atomic mass is 16.5. The Morgan fingerprint density at radius 3 is 1.75 bits per heavy atom. The first-order valence-electron chi connectivity index (χ1n) is 14.4. The first-order valence-corrected chi connectivity index (χ1v) is 14.4. The summed E-state index contributed by atoms with van der Waals surface area (Å²) in [6.07, 6.45) is 5.43. The van der Waals surface area contributed by atoms with Gasteiger partial charge in [-0.05, 0) is 95.5 Å². The molecule has 2 amide bonds. The molecule has 0 spiro atoms. The van der Waals surface area contributed by atoms with Gasteiger partial charge in [-0.2, -0.15) is 0 Å². The molecular formula is C34H38N2O4. The fourth-order valence-corrected chi connectivity index (χ4v) is 5.02. The number of carbonyl (C=O) groups excluding carboxylic acids is 2. The summed E-state index contributed by atoms with van der Waals surface area (Å²) in [4.78, 5) is 23.2. The van der Waals surface area contributed by atoms with E-state index in [2.05, 4.69) is 71.3 Å². The molecule has 0 saturated heterocycles. The van der Waals surface area contributed by atoms with E-state index in [1.54, 1.807) is 6.92 Å². The summed E-state index contributed by atoms with van der Waals surface area (Å²) < 4.78 is 12.1. The van der Waals surface area contributed by atoms with Crippen LogP contribution < -0.4 is 20.1 Å². The molecule has 0 atom stereocenters. The minimum atomic E-state index is -0.00992. The monoisotopic (exact) mass is 538 g/mol. The molecule has 0 heterocycles. The Hall–Kier alpha value is -4.06. The molecule has 1 fully saturated rings. The Labute approximate surface area is 236 Å². The fourth-order valence-electron chi connectivity index (χ4n) is 5.02. The molecular weight excluding hydrogens is 500 g/mol. The van der Waals surface area contributed by atoms with E-state index in [9.17, 15) is 9.59 Å². The van der Waals surface area contributed by atoms with Crippen LogP contribution >= 0.6 is 0 Å². The number of rotatable bonds is 14. The molecule has 6 nitrogen and oxygen atoms in total. The molecule has 4 aromatic carbocycles. The maximum Gasteiger partial charge on any atom is 0.223 e. The normalized spacial score (nSPS) is 12.8. The van der Waals surface area contributed by atoms with Gasteiger partial charge in [0, 0.05) is 25.9 Å². The van der Waals surface area contributed by atoms with Crippen molar-refractivity contribution < 1.29 is 19.1 Å². The smallest absolute Gasteiger partial charge is 0.223 e. The predicted octanol–water partition coefficient (Wildman–Crippen LogP) is 5.98. The number of hydrogen-bond donors (Lipinski definition) is 2. The Morgan fingerprint density at radius 1 is 0.725 bits per heavy atom. The SMILES string of the molecule is CC(=O)NCCc1cccc2ccc(OCCCCOc3ccc4cccc(CCNC(=O)C5CC5)c4c3)cc12. The van der Waals surface area contributed by atoms with Crippen LogP contribution in [-0.2, 0) is 22.4 Å². The average molecular weight is 539 g/mol. The van der Waals surface area contributed by atoms with Crippen molar-refractivity contribution in [2.45, 2.75) is 45.4 Å². The van der Waals surface area contributed by atoms with Crippen molar-refractivity contribution in [3.63, 3.8) is 0 Å². The molecule has 6 heteroatoms. The van der Waals surface area contributed by atoms with Crippen LogP contribution in [0.1, 0.15) is 43.7 Å². The number of unbranched alkanes of at least 4 members (excludes halogenated alkanes) is 1. The van der Waals surface area contributed by atoms with Gasteiger partial charge in [0.05, 0.1) is 13.2 Å². The molecule has 0 aromatic heterocycles. The lowest BCUT2D eigenvalue weighted by Gasteiger charge is -2.12. The third-order valence-electron chi connectivity index (χ3n) is 7.37. The van der Waals surface area contributed by atoms with Crippen molar-refractivity contribution in [2.24, 2.45) is 5.92 Å². The summed E-state index contributed by atoms with van der Waals surface area (Å²) in [6, 6.07) is 25.0. The highest BCUT2D eigenvalue weighted by Crippen LogP contribution is 2.29. The van der Waals surface area contributed by atoms with Crippen LogP contribution in [0.4, 0.5) is 0 Å². The highest BCUT2D eigenvalue weighted by Gasteiger charge is 2.29. The Bertz CT molecular complexity index is 1480. The standard InChI is InChI=1S/C34H38N2O4/c1-24(37)35-18-16-27-8-4-6-25-12-14-30(22-32(25)27)39-20-2-3-21-40-31-15-13-26-7-5-9-28(33(26)23-31)17-19-36-34(38)29-10-11-29/h4-9,12-15,22-23,29H,2-3,10-11,16-21H2,1H3,(H,35,37)(H,36,38). The number of nitrogens with one attached hydrogen (secondary N) is 2. The maximum atomic E-state index is 12.0. The molecule has 208 valence electrons. The first-order chi connectivity index (χ1) is 19.6. The largest absolute Gasteiger partial charge is 0.494 e. The van der Waals surface area contributed by atoms with Gasteiger partial charge in [0.1, 0.15) is 11.5 Å². The quantitative estimate of drug-likeness (QED) is 0.194. The van der Waals surface area contributed by atoms with Gasteiger partial charge in [-0.25, -0.2) is 0 Å². The summed E-state index contributed by atoms with van der Waals surface area (Å²) in [5.41, 5.74) is 2.42. The summed E-state index contributed by atoms with van der Waals surface area (Å²) in [5.74, 6) is 2.15. The van der Waals surface area contributed by atoms with E-state index in [0.29, 0.717) is 26.3 Å². The Balaban J connectivity index is 1.08. The molecule has 1 aliphatic rings. The number of benzene rings is 4. The molecule has 5 rings (SSSR count). The van der Waals surface area contributed by atoms with E-state index >= 15 is 0 Å². The average Bonchev–Trinajstić information content (AvgIpc) is 3.81. The zero-order chi connectivity index (χ0) is 27.7. The lowest BCUT2D eigenvalue weighted by molar-refractivity contribution is -0.122. The minimum absolute atomic E-state index is 0.00992. The third-order valence-corrected chi connectivity index (χ3v) is 7.37. The molecule has 1 saturated carbocycles. The Kier molecular flexibility index (Phi) is 9.17. The second kappa shape index (κ2) is 13.3. The second-order valence-corrected chi connectivity index (χ2v) is 10.6. The van der Waals surface area contributed by atoms with E-state index in [1.807, 2.05) is 12.1 Å². The van der Waals surface area contributed by atoms with Gasteiger partial charge < -0.3 is 20.1 Å². The molecule has 40 heavy (non-hydrogen) atoms. The topological polar surface area (TPSA) is 76.7 Å². The van der Waals surface area contributed by atoms with Gasteiger partial charge in [-0.1, -0.05) is 48.5 Å². The summed E-state index contributed by atoms with van der Waals surface area (Å²) in [5, 5.41) is 10.6. The molecule has 0 bridgehead atoms. The van der Waals surface area contributed by atoms with Gasteiger partial charge in [0.2, 0.25) is 11.8 Å². The predicted molar refractivity (Wildman–Crippen MR) is 160 cm³/mol. The molecule has 2 N–H and O–H groups in total. The van der Waals surface area contributed by atoms with E-state index in [0.717, 1.165) is 55.4 Å². The van der Waals surface area contributed by atoms with Crippen molar-refractivity contribution in [3.8, 4) is 11.5 Å². The van der Waals surface area contributed by atoms with E-state index in [1.165, 1.54) is 27.3 Å². The van der Waals surface area contributed by atoms with Gasteiger partial charge in [0.15, 0.2) is 0 Å². The molecule has 1 aliphatic carbocycles. The second-order valence-electron chi connectivity index (χ2n) is 10.6. The molecule has 0 unspecified atom stereocenters. The van der Waals surface area contributed by atoms with Crippen molar-refractivity contribution >= 4 is 33.4 Å². The number of carbonyl (C=O) groups is 2. The van der Waals surface area contributed by atoms with Crippen molar-refractivity contribution in [1.29, 1.82) is 0 Å². The maximum absolute atomic E-state index is 12.0. The number of amides is 2. The van der Waals surface area contributed by atoms with Crippen LogP contribution in [-0.4, -0.2) is 38.1 Å². The number of hydrogen-bond acceptors (Lipinski definition) is 4. The molecule has 4 aromatic rings. The van der Waals surface area contributed by atoms with Gasteiger partial charge in [-0.3, -0.25) is 9.59 Å². The van der Waals surface area contributed by atoms with Crippen LogP contribution in [0, 0.1) is 5.92 Å². The van der Waals surface area contributed by atoms with Crippen molar-refractivity contribution in [3.05, 3.63) is 83.9 Å². The number of ether oxygens (including phenoxy) is 2. The zero-order valence-corrected chi connectivity index (χ0v) is 23.2. The molecule has 0 radical (unpaired) electrons. The van der Waals surface area contributed by atoms with Crippen LogP contribution in [0.5, 0.6) is 11.5 Å². The van der Waals surface area contributed by atoms with E-state index in [-0.39, 0.29) is 17.7 Å². The van der Waals surface area contributed by atoms with Gasteiger partial charge in [0.25, 0.3) is 0 Å². The minimum Gasteiger partial charge on any atom is -0.494 e. The van der Waals surface area contributed by atoms with E-state index in [4.69, 9.17) is 9.47 Å². The van der Waals surface area contributed by atoms with Crippen LogP contribution in [0.15, 0.2) is 72.8 Å². The van der Waals surface area contributed by atoms with Gasteiger partial charge in [-0.15, -0.1) is 0 Å². The summed E-state index contributed by atoms with van der Waals surface area (Å²) in [7, 11) is 0. The third kappa shape index (κ3) is 7.53. The summed E-state index contributed by atoms with van der Waals surface area (Å²) >= 11 is 0. The van der Waals surface area contributed by atoms with E-state index < -0.39 is 0 Å². The summed E-state index contributed by atoms with van der Waals surface area (Å²) in [6.45, 7) is 4.07. The Morgan fingerprint density at radius 2 is 1.25 bits per heavy atom. The molecule has 0 aliphatic heterocycles. The van der Waals surface area contributed by atoms with Crippen molar-refractivity contribution in [1.82, 2.24) is 10.6 Å². The van der Waals surface area contributed by atoms with Crippen LogP contribution in [0.25, 0.3) is 21.5 Å².